The van der Waals surface area contributed by atoms with Crippen LogP contribution in [0.4, 0.5) is 5.13 Å². The second-order valence-electron chi connectivity index (χ2n) is 3.38. The van der Waals surface area contributed by atoms with E-state index in [-0.39, 0.29) is 0 Å². The Bertz CT molecular complexity index is 673. The van der Waals surface area contributed by atoms with Gasteiger partial charge in [0.05, 0.1) is 22.7 Å². The van der Waals surface area contributed by atoms with Crippen LogP contribution < -0.4 is 0 Å². The van der Waals surface area contributed by atoms with Gasteiger partial charge in [-0.1, -0.05) is 22.9 Å². The average Bonchev–Trinajstić information content (AvgIpc) is 2.94. The first kappa shape index (κ1) is 10.5. The molecule has 0 radical (unpaired) electrons. The molecule has 0 aliphatic heterocycles. The van der Waals surface area contributed by atoms with Crippen LogP contribution in [0.2, 0.25) is 5.02 Å². The van der Waals surface area contributed by atoms with Gasteiger partial charge in [-0.2, -0.15) is 0 Å². The summed E-state index contributed by atoms with van der Waals surface area (Å²) in [5.41, 5.74) is 0.908. The van der Waals surface area contributed by atoms with Gasteiger partial charge in [-0.15, -0.1) is 0 Å². The number of thiazole rings is 1. The van der Waals surface area contributed by atoms with Gasteiger partial charge >= 0.3 is 0 Å². The number of aromatic nitrogens is 1. The number of fused-ring (bicyclic) bond motifs is 1. The third kappa shape index (κ3) is 2.23. The molecule has 0 amide bonds. The van der Waals surface area contributed by atoms with Crippen LogP contribution in [-0.2, 0) is 0 Å². The maximum atomic E-state index is 5.91. The van der Waals surface area contributed by atoms with Gasteiger partial charge < -0.3 is 4.42 Å². The third-order valence-electron chi connectivity index (χ3n) is 2.18. The molecule has 5 heteroatoms. The van der Waals surface area contributed by atoms with E-state index in [0.717, 1.165) is 10.2 Å². The summed E-state index contributed by atoms with van der Waals surface area (Å²) in [6.07, 6.45) is 3.26. The van der Waals surface area contributed by atoms with Crippen molar-refractivity contribution in [3.63, 3.8) is 0 Å². The first-order chi connectivity index (χ1) is 8.31. The highest BCUT2D eigenvalue weighted by Gasteiger charge is 2.02. The first-order valence-corrected chi connectivity index (χ1v) is 6.14. The highest BCUT2D eigenvalue weighted by molar-refractivity contribution is 7.22. The third-order valence-corrected chi connectivity index (χ3v) is 3.35. The summed E-state index contributed by atoms with van der Waals surface area (Å²) >= 11 is 7.41. The van der Waals surface area contributed by atoms with E-state index in [1.807, 2.05) is 30.3 Å². The van der Waals surface area contributed by atoms with Crippen LogP contribution in [0.1, 0.15) is 5.76 Å². The Morgan fingerprint density at radius 1 is 1.35 bits per heavy atom. The van der Waals surface area contributed by atoms with E-state index in [4.69, 9.17) is 16.0 Å². The number of rotatable bonds is 2. The minimum atomic E-state index is 0.693. The van der Waals surface area contributed by atoms with Gasteiger partial charge in [0.25, 0.3) is 0 Å². The van der Waals surface area contributed by atoms with Gasteiger partial charge in [0, 0.05) is 5.02 Å². The minimum Gasteiger partial charge on any atom is -0.463 e. The molecule has 0 saturated heterocycles. The lowest BCUT2D eigenvalue weighted by Crippen LogP contribution is -1.72. The van der Waals surface area contributed by atoms with E-state index in [0.29, 0.717) is 15.9 Å². The highest BCUT2D eigenvalue weighted by Crippen LogP contribution is 2.29. The van der Waals surface area contributed by atoms with Crippen LogP contribution in [0.25, 0.3) is 10.2 Å². The topological polar surface area (TPSA) is 38.4 Å². The maximum Gasteiger partial charge on any atom is 0.210 e. The Morgan fingerprint density at radius 2 is 2.29 bits per heavy atom. The molecular weight excluding hydrogens is 256 g/mol. The van der Waals surface area contributed by atoms with Crippen LogP contribution in [0.5, 0.6) is 0 Å². The van der Waals surface area contributed by atoms with E-state index in [2.05, 4.69) is 9.98 Å². The fraction of sp³-hybridized carbons (Fsp3) is 0. The summed E-state index contributed by atoms with van der Waals surface area (Å²) in [6.45, 7) is 0. The number of benzene rings is 1. The molecule has 1 aromatic carbocycles. The van der Waals surface area contributed by atoms with Gasteiger partial charge in [-0.05, 0) is 30.3 Å². The van der Waals surface area contributed by atoms with Crippen molar-refractivity contribution in [3.05, 3.63) is 47.4 Å². The number of nitrogens with zero attached hydrogens (tertiary/aromatic N) is 2. The van der Waals surface area contributed by atoms with Crippen molar-refractivity contribution in [1.82, 2.24) is 4.98 Å². The van der Waals surface area contributed by atoms with Gasteiger partial charge in [0.15, 0.2) is 0 Å². The minimum absolute atomic E-state index is 0.693. The summed E-state index contributed by atoms with van der Waals surface area (Å²) in [6, 6.07) is 9.26. The molecule has 0 bridgehead atoms. The second-order valence-corrected chi connectivity index (χ2v) is 4.83. The zero-order chi connectivity index (χ0) is 11.7. The zero-order valence-corrected chi connectivity index (χ0v) is 10.2. The Morgan fingerprint density at radius 3 is 3.12 bits per heavy atom. The summed E-state index contributed by atoms with van der Waals surface area (Å²) in [7, 11) is 0. The van der Waals surface area contributed by atoms with Crippen molar-refractivity contribution in [2.75, 3.05) is 0 Å². The molecule has 0 saturated carbocycles. The standard InChI is InChI=1S/C12H7ClN2OS/c13-8-3-4-10-11(6-8)17-12(15-10)14-7-9-2-1-5-16-9/h1-7H/b14-7+. The predicted octanol–water partition coefficient (Wildman–Crippen LogP) is 4.29. The fourth-order valence-corrected chi connectivity index (χ4v) is 2.51. The lowest BCUT2D eigenvalue weighted by Gasteiger charge is -1.86. The first-order valence-electron chi connectivity index (χ1n) is 4.95. The van der Waals surface area contributed by atoms with Gasteiger partial charge in [-0.3, -0.25) is 0 Å². The zero-order valence-electron chi connectivity index (χ0n) is 8.63. The molecule has 0 aliphatic carbocycles. The van der Waals surface area contributed by atoms with Crippen molar-refractivity contribution < 1.29 is 4.42 Å². The van der Waals surface area contributed by atoms with Crippen molar-refractivity contribution in [2.24, 2.45) is 4.99 Å². The quantitative estimate of drug-likeness (QED) is 0.646. The van der Waals surface area contributed by atoms with Crippen molar-refractivity contribution in [1.29, 1.82) is 0 Å². The van der Waals surface area contributed by atoms with Gasteiger partial charge in [0.2, 0.25) is 5.13 Å². The summed E-state index contributed by atoms with van der Waals surface area (Å²) in [4.78, 5) is 8.63. The molecule has 0 aliphatic rings. The Balaban J connectivity index is 1.96. The molecule has 2 aromatic heterocycles. The Hall–Kier alpha value is -1.65. The summed E-state index contributed by atoms with van der Waals surface area (Å²) < 4.78 is 6.19. The van der Waals surface area contributed by atoms with Gasteiger partial charge in [0.1, 0.15) is 5.76 Å². The molecule has 84 valence electrons. The lowest BCUT2D eigenvalue weighted by molar-refractivity contribution is 0.560. The molecule has 0 fully saturated rings. The lowest BCUT2D eigenvalue weighted by atomic mass is 10.3. The number of furan rings is 1. The van der Waals surface area contributed by atoms with Crippen LogP contribution >= 0.6 is 22.9 Å². The van der Waals surface area contributed by atoms with Crippen molar-refractivity contribution >= 4 is 44.5 Å². The molecule has 17 heavy (non-hydrogen) atoms. The second kappa shape index (κ2) is 4.31. The summed E-state index contributed by atoms with van der Waals surface area (Å²) in [5, 5.41) is 1.40. The van der Waals surface area contributed by atoms with E-state index in [1.165, 1.54) is 11.3 Å². The van der Waals surface area contributed by atoms with E-state index < -0.39 is 0 Å². The average molecular weight is 263 g/mol. The fourth-order valence-electron chi connectivity index (χ4n) is 1.43. The number of hydrogen-bond acceptors (Lipinski definition) is 4. The molecule has 0 atom stereocenters. The van der Waals surface area contributed by atoms with Crippen LogP contribution in [-0.4, -0.2) is 11.2 Å². The SMILES string of the molecule is Clc1ccc2nc(/N=C/c3ccco3)sc2c1. The molecular formula is C12H7ClN2OS. The molecule has 0 N–H and O–H groups in total. The van der Waals surface area contributed by atoms with Crippen LogP contribution in [0.15, 0.2) is 46.0 Å². The Kier molecular flexibility index (Phi) is 2.66. The van der Waals surface area contributed by atoms with E-state index in [1.54, 1.807) is 12.5 Å². The summed E-state index contributed by atoms with van der Waals surface area (Å²) in [5.74, 6) is 0.710. The van der Waals surface area contributed by atoms with Crippen LogP contribution in [0, 0.1) is 0 Å². The van der Waals surface area contributed by atoms with Crippen LogP contribution in [0.3, 0.4) is 0 Å². The molecule has 3 aromatic rings. The molecule has 0 spiro atoms. The normalized spacial score (nSPS) is 11.6. The monoisotopic (exact) mass is 262 g/mol. The predicted molar refractivity (Wildman–Crippen MR) is 70.6 cm³/mol. The smallest absolute Gasteiger partial charge is 0.210 e. The molecule has 0 unspecified atom stereocenters. The van der Waals surface area contributed by atoms with Crippen molar-refractivity contribution in [3.8, 4) is 0 Å². The van der Waals surface area contributed by atoms with Gasteiger partial charge in [-0.25, -0.2) is 9.98 Å². The highest BCUT2D eigenvalue weighted by atomic mass is 35.5. The van der Waals surface area contributed by atoms with E-state index in [9.17, 15) is 0 Å². The Labute approximate surface area is 106 Å². The molecule has 3 nitrogen and oxygen atoms in total. The molecule has 2 heterocycles. The number of aliphatic imine (C=N–C) groups is 1. The molecule has 3 rings (SSSR count). The maximum absolute atomic E-state index is 5.91. The van der Waals surface area contributed by atoms with Crippen molar-refractivity contribution in [2.45, 2.75) is 0 Å². The largest absolute Gasteiger partial charge is 0.463 e. The number of hydrogen-bond donors (Lipinski definition) is 0. The number of halogens is 1. The van der Waals surface area contributed by atoms with E-state index >= 15 is 0 Å².